The van der Waals surface area contributed by atoms with Crippen molar-refractivity contribution in [2.45, 2.75) is 31.6 Å². The summed E-state index contributed by atoms with van der Waals surface area (Å²) in [6.45, 7) is 1.84. The number of nitrogens with zero attached hydrogens (tertiary/aromatic N) is 1. The Kier molecular flexibility index (Phi) is 5.24. The molecule has 30 heavy (non-hydrogen) atoms. The van der Waals surface area contributed by atoms with Gasteiger partial charge in [0.2, 0.25) is 0 Å². The van der Waals surface area contributed by atoms with E-state index in [-0.39, 0.29) is 11.7 Å². The molecule has 0 spiro atoms. The Balaban J connectivity index is 1.72. The van der Waals surface area contributed by atoms with Gasteiger partial charge in [-0.3, -0.25) is 4.79 Å². The first kappa shape index (κ1) is 20.0. The van der Waals surface area contributed by atoms with Crippen LogP contribution in [-0.2, 0) is 14.3 Å². The minimum Gasteiger partial charge on any atom is -0.468 e. The van der Waals surface area contributed by atoms with Crippen LogP contribution in [0.2, 0.25) is 0 Å². The fourth-order valence-corrected chi connectivity index (χ4v) is 4.44. The highest BCUT2D eigenvalue weighted by atomic mass is 16.5. The first-order chi connectivity index (χ1) is 14.4. The number of nitrogens with one attached hydrogen (secondary N) is 1. The summed E-state index contributed by atoms with van der Waals surface area (Å²) in [7, 11) is 5.36. The number of ketones is 1. The molecule has 0 radical (unpaired) electrons. The summed E-state index contributed by atoms with van der Waals surface area (Å²) in [6.07, 6.45) is 2.65. The van der Waals surface area contributed by atoms with Crippen molar-refractivity contribution in [3.63, 3.8) is 0 Å². The second-order valence-corrected chi connectivity index (χ2v) is 8.01. The van der Waals surface area contributed by atoms with E-state index in [4.69, 9.17) is 9.15 Å². The highest BCUT2D eigenvalue weighted by Gasteiger charge is 2.42. The van der Waals surface area contributed by atoms with Crippen LogP contribution < -0.4 is 10.2 Å². The molecule has 0 saturated carbocycles. The standard InChI is InChI=1S/C24H26N2O4/c1-14-21(24(28)29-4)23(20-6-5-11-30-20)22-18(25-14)12-16(13-19(22)27)15-7-9-17(10-8-15)26(2)3/h5-11,16,23,25H,12-13H2,1-4H3. The highest BCUT2D eigenvalue weighted by molar-refractivity contribution is 6.04. The van der Waals surface area contributed by atoms with Crippen molar-refractivity contribution >= 4 is 17.4 Å². The summed E-state index contributed by atoms with van der Waals surface area (Å²) in [6, 6.07) is 11.9. The van der Waals surface area contributed by atoms with E-state index >= 15 is 0 Å². The van der Waals surface area contributed by atoms with E-state index in [2.05, 4.69) is 34.5 Å². The Hall–Kier alpha value is -3.28. The van der Waals surface area contributed by atoms with Gasteiger partial charge in [-0.1, -0.05) is 12.1 Å². The van der Waals surface area contributed by atoms with Crippen molar-refractivity contribution in [1.82, 2.24) is 5.32 Å². The van der Waals surface area contributed by atoms with Gasteiger partial charge in [-0.2, -0.15) is 0 Å². The summed E-state index contributed by atoms with van der Waals surface area (Å²) >= 11 is 0. The predicted octanol–water partition coefficient (Wildman–Crippen LogP) is 3.88. The lowest BCUT2D eigenvalue weighted by atomic mass is 9.73. The Morgan fingerprint density at radius 2 is 1.90 bits per heavy atom. The van der Waals surface area contributed by atoms with Gasteiger partial charge in [0.05, 0.1) is 24.9 Å². The van der Waals surface area contributed by atoms with E-state index in [0.29, 0.717) is 35.4 Å². The van der Waals surface area contributed by atoms with Gasteiger partial charge in [0, 0.05) is 43.2 Å². The van der Waals surface area contributed by atoms with Crippen LogP contribution in [0.5, 0.6) is 0 Å². The number of benzene rings is 1. The molecule has 1 aromatic carbocycles. The fraction of sp³-hybridized carbons (Fsp3) is 0.333. The largest absolute Gasteiger partial charge is 0.468 e. The van der Waals surface area contributed by atoms with Gasteiger partial charge < -0.3 is 19.4 Å². The van der Waals surface area contributed by atoms with Crippen LogP contribution in [0.4, 0.5) is 5.69 Å². The molecule has 1 aliphatic carbocycles. The van der Waals surface area contributed by atoms with Crippen LogP contribution in [0, 0.1) is 0 Å². The molecular weight excluding hydrogens is 380 g/mol. The van der Waals surface area contributed by atoms with Crippen LogP contribution in [0.3, 0.4) is 0 Å². The summed E-state index contributed by atoms with van der Waals surface area (Å²) < 4.78 is 10.6. The number of Topliss-reactive ketones (excluding diaryl/α,β-unsaturated/α-hetero) is 1. The number of anilines is 1. The van der Waals surface area contributed by atoms with Crippen LogP contribution in [0.1, 0.15) is 42.9 Å². The molecule has 4 rings (SSSR count). The van der Waals surface area contributed by atoms with Crippen molar-refractivity contribution in [2.24, 2.45) is 0 Å². The second-order valence-electron chi connectivity index (χ2n) is 8.01. The molecule has 2 aromatic rings. The maximum Gasteiger partial charge on any atom is 0.336 e. The number of esters is 1. The number of rotatable bonds is 4. The molecule has 1 aliphatic heterocycles. The monoisotopic (exact) mass is 406 g/mol. The molecule has 0 saturated heterocycles. The molecule has 6 nitrogen and oxygen atoms in total. The number of allylic oxidation sites excluding steroid dienone is 3. The van der Waals surface area contributed by atoms with Gasteiger partial charge in [-0.25, -0.2) is 4.79 Å². The van der Waals surface area contributed by atoms with Crippen LogP contribution >= 0.6 is 0 Å². The first-order valence-electron chi connectivity index (χ1n) is 10.0. The summed E-state index contributed by atoms with van der Waals surface area (Å²) in [5, 5.41) is 3.32. The minimum atomic E-state index is -0.548. The molecule has 2 heterocycles. The van der Waals surface area contributed by atoms with Crippen LogP contribution in [0.15, 0.2) is 69.6 Å². The fourth-order valence-electron chi connectivity index (χ4n) is 4.44. The molecular formula is C24H26N2O4. The molecule has 2 atom stereocenters. The third-order valence-corrected chi connectivity index (χ3v) is 5.94. The second kappa shape index (κ2) is 7.86. The molecule has 2 unspecified atom stereocenters. The maximum absolute atomic E-state index is 13.3. The molecule has 0 bridgehead atoms. The van der Waals surface area contributed by atoms with Crippen LogP contribution in [-0.4, -0.2) is 33.0 Å². The Bertz CT molecular complexity index is 1030. The smallest absolute Gasteiger partial charge is 0.336 e. The normalized spacial score (nSPS) is 21.3. The zero-order chi connectivity index (χ0) is 21.4. The van der Waals surface area contributed by atoms with Gasteiger partial charge in [-0.15, -0.1) is 0 Å². The molecule has 0 fully saturated rings. The highest BCUT2D eigenvalue weighted by Crippen LogP contribution is 2.45. The van der Waals surface area contributed by atoms with Gasteiger partial charge >= 0.3 is 5.97 Å². The molecule has 2 aliphatic rings. The molecule has 156 valence electrons. The topological polar surface area (TPSA) is 71.8 Å². The molecule has 1 aromatic heterocycles. The predicted molar refractivity (Wildman–Crippen MR) is 114 cm³/mol. The van der Waals surface area contributed by atoms with Crippen molar-refractivity contribution in [3.8, 4) is 0 Å². The summed E-state index contributed by atoms with van der Waals surface area (Å²) in [4.78, 5) is 27.9. The number of dihydropyridines is 1. The quantitative estimate of drug-likeness (QED) is 0.777. The maximum atomic E-state index is 13.3. The van der Waals surface area contributed by atoms with E-state index in [0.717, 1.165) is 16.9 Å². The van der Waals surface area contributed by atoms with Gasteiger partial charge in [0.1, 0.15) is 5.76 Å². The number of hydrogen-bond donors (Lipinski definition) is 1. The lowest BCUT2D eigenvalue weighted by Gasteiger charge is -2.35. The van der Waals surface area contributed by atoms with Crippen molar-refractivity contribution in [1.29, 1.82) is 0 Å². The lowest BCUT2D eigenvalue weighted by molar-refractivity contribution is -0.136. The van der Waals surface area contributed by atoms with E-state index in [1.807, 2.05) is 21.0 Å². The van der Waals surface area contributed by atoms with Gasteiger partial charge in [-0.05, 0) is 49.1 Å². The Morgan fingerprint density at radius 3 is 2.50 bits per heavy atom. The van der Waals surface area contributed by atoms with E-state index in [1.54, 1.807) is 18.4 Å². The van der Waals surface area contributed by atoms with E-state index < -0.39 is 11.9 Å². The minimum absolute atomic E-state index is 0.0285. The van der Waals surface area contributed by atoms with Gasteiger partial charge in [0.15, 0.2) is 5.78 Å². The number of carbonyl (C=O) groups is 2. The number of carbonyl (C=O) groups excluding carboxylic acids is 2. The van der Waals surface area contributed by atoms with Gasteiger partial charge in [0.25, 0.3) is 0 Å². The van der Waals surface area contributed by atoms with Crippen molar-refractivity contribution < 1.29 is 18.7 Å². The SMILES string of the molecule is COC(=O)C1=C(C)NC2=C(C(=O)CC(c3ccc(N(C)C)cc3)C2)C1c1ccco1. The summed E-state index contributed by atoms with van der Waals surface area (Å²) in [5.74, 6) is -0.313. The Labute approximate surface area is 176 Å². The molecule has 0 amide bonds. The number of hydrogen-bond acceptors (Lipinski definition) is 6. The first-order valence-corrected chi connectivity index (χ1v) is 10.0. The van der Waals surface area contributed by atoms with Crippen molar-refractivity contribution in [3.05, 3.63) is 76.5 Å². The average Bonchev–Trinajstić information content (AvgIpc) is 3.26. The third kappa shape index (κ3) is 3.43. The third-order valence-electron chi connectivity index (χ3n) is 5.94. The van der Waals surface area contributed by atoms with E-state index in [1.165, 1.54) is 7.11 Å². The molecule has 6 heteroatoms. The molecule has 1 N–H and O–H groups in total. The van der Waals surface area contributed by atoms with E-state index in [9.17, 15) is 9.59 Å². The lowest BCUT2D eigenvalue weighted by Crippen LogP contribution is -2.35. The van der Waals surface area contributed by atoms with Crippen LogP contribution in [0.25, 0.3) is 0 Å². The zero-order valence-electron chi connectivity index (χ0n) is 17.7. The average molecular weight is 406 g/mol. The number of furan rings is 1. The Morgan fingerprint density at radius 1 is 1.17 bits per heavy atom. The zero-order valence-corrected chi connectivity index (χ0v) is 17.7. The number of ether oxygens (including phenoxy) is 1. The summed E-state index contributed by atoms with van der Waals surface area (Å²) in [5.41, 5.74) is 4.84. The van der Waals surface area contributed by atoms with Crippen molar-refractivity contribution in [2.75, 3.05) is 26.1 Å². The number of methoxy groups -OCH3 is 1.